The summed E-state index contributed by atoms with van der Waals surface area (Å²) in [5.41, 5.74) is -0.506. The summed E-state index contributed by atoms with van der Waals surface area (Å²) in [5, 5.41) is 11.6. The van der Waals surface area contributed by atoms with E-state index in [-0.39, 0.29) is 5.75 Å². The zero-order valence-corrected chi connectivity index (χ0v) is 10.7. The number of hydrogen-bond donors (Lipinski definition) is 2. The lowest BCUT2D eigenvalue weighted by Crippen LogP contribution is -2.32. The summed E-state index contributed by atoms with van der Waals surface area (Å²) in [4.78, 5) is 19.0. The third-order valence-electron chi connectivity index (χ3n) is 1.69. The zero-order chi connectivity index (χ0) is 13.6. The number of carbonyl (C=O) groups excluding carboxylic acids is 1. The average Bonchev–Trinajstić information content (AvgIpc) is 2.24. The topological polar surface area (TPSA) is 84.3 Å². The van der Waals surface area contributed by atoms with E-state index in [4.69, 9.17) is 9.84 Å². The second-order valence-electron chi connectivity index (χ2n) is 4.58. The zero-order valence-electron chi connectivity index (χ0n) is 10.7. The van der Waals surface area contributed by atoms with Gasteiger partial charge in [-0.15, -0.1) is 0 Å². The van der Waals surface area contributed by atoms with Crippen LogP contribution in [0, 0.1) is 0 Å². The van der Waals surface area contributed by atoms with E-state index in [1.165, 1.54) is 12.4 Å². The SMILES string of the molecule is CC(C)(C)OC(=O)NCC=Cc1ncc(O)cn1. The van der Waals surface area contributed by atoms with E-state index >= 15 is 0 Å². The molecule has 0 atom stereocenters. The van der Waals surface area contributed by atoms with Crippen molar-refractivity contribution in [2.75, 3.05) is 6.54 Å². The molecular weight excluding hydrogens is 234 g/mol. The number of nitrogens with one attached hydrogen (secondary N) is 1. The number of alkyl carbamates (subject to hydrolysis) is 1. The predicted molar refractivity (Wildman–Crippen MR) is 67.0 cm³/mol. The second-order valence-corrected chi connectivity index (χ2v) is 4.58. The van der Waals surface area contributed by atoms with Gasteiger partial charge in [-0.05, 0) is 26.8 Å². The van der Waals surface area contributed by atoms with Crippen molar-refractivity contribution in [2.24, 2.45) is 0 Å². The van der Waals surface area contributed by atoms with E-state index in [9.17, 15) is 4.79 Å². The Morgan fingerprint density at radius 3 is 2.61 bits per heavy atom. The maximum Gasteiger partial charge on any atom is 0.407 e. The molecule has 0 saturated carbocycles. The minimum Gasteiger partial charge on any atom is -0.505 e. The molecule has 1 rings (SSSR count). The fourth-order valence-corrected chi connectivity index (χ4v) is 1.04. The van der Waals surface area contributed by atoms with Crippen LogP contribution in [0.5, 0.6) is 5.75 Å². The van der Waals surface area contributed by atoms with Crippen LogP contribution in [0.4, 0.5) is 4.79 Å². The van der Waals surface area contributed by atoms with Crippen molar-refractivity contribution in [1.82, 2.24) is 15.3 Å². The Morgan fingerprint density at radius 2 is 2.06 bits per heavy atom. The first-order valence-corrected chi connectivity index (χ1v) is 5.51. The highest BCUT2D eigenvalue weighted by molar-refractivity contribution is 5.68. The van der Waals surface area contributed by atoms with Crippen LogP contribution < -0.4 is 5.32 Å². The molecule has 6 heteroatoms. The van der Waals surface area contributed by atoms with E-state index in [1.807, 2.05) is 0 Å². The quantitative estimate of drug-likeness (QED) is 0.854. The molecule has 0 aliphatic carbocycles. The summed E-state index contributed by atoms with van der Waals surface area (Å²) in [5.74, 6) is 0.470. The Bertz CT molecular complexity index is 421. The fourth-order valence-electron chi connectivity index (χ4n) is 1.04. The summed E-state index contributed by atoms with van der Waals surface area (Å²) >= 11 is 0. The molecule has 2 N–H and O–H groups in total. The number of carbonyl (C=O) groups is 1. The van der Waals surface area contributed by atoms with Gasteiger partial charge in [0.25, 0.3) is 0 Å². The van der Waals surface area contributed by atoms with Crippen LogP contribution in [-0.4, -0.2) is 33.3 Å². The Labute approximate surface area is 106 Å². The van der Waals surface area contributed by atoms with Gasteiger partial charge in [-0.25, -0.2) is 14.8 Å². The normalized spacial score (nSPS) is 11.5. The number of amides is 1. The van der Waals surface area contributed by atoms with E-state index in [0.717, 1.165) is 0 Å². The first-order valence-electron chi connectivity index (χ1n) is 5.51. The number of nitrogens with zero attached hydrogens (tertiary/aromatic N) is 2. The van der Waals surface area contributed by atoms with Crippen LogP contribution in [0.15, 0.2) is 18.5 Å². The van der Waals surface area contributed by atoms with Crippen molar-refractivity contribution >= 4 is 12.2 Å². The Hall–Kier alpha value is -2.11. The lowest BCUT2D eigenvalue weighted by Gasteiger charge is -2.19. The van der Waals surface area contributed by atoms with Crippen molar-refractivity contribution in [3.05, 3.63) is 24.3 Å². The molecule has 1 aromatic rings. The van der Waals surface area contributed by atoms with E-state index in [2.05, 4.69) is 15.3 Å². The number of ether oxygens (including phenoxy) is 1. The molecule has 0 spiro atoms. The fraction of sp³-hybridized carbons (Fsp3) is 0.417. The van der Waals surface area contributed by atoms with E-state index in [1.54, 1.807) is 32.9 Å². The van der Waals surface area contributed by atoms with Gasteiger partial charge in [0.2, 0.25) is 0 Å². The van der Waals surface area contributed by atoms with Gasteiger partial charge in [0, 0.05) is 6.54 Å². The Kier molecular flexibility index (Phi) is 4.65. The summed E-state index contributed by atoms with van der Waals surface area (Å²) in [6.45, 7) is 5.71. The maximum absolute atomic E-state index is 11.3. The van der Waals surface area contributed by atoms with Crippen molar-refractivity contribution in [2.45, 2.75) is 26.4 Å². The number of aromatic hydroxyl groups is 1. The monoisotopic (exact) mass is 251 g/mol. The minimum atomic E-state index is -0.506. The first kappa shape index (κ1) is 14.0. The Morgan fingerprint density at radius 1 is 1.44 bits per heavy atom. The van der Waals surface area contributed by atoms with Crippen molar-refractivity contribution in [3.8, 4) is 5.75 Å². The van der Waals surface area contributed by atoms with Crippen LogP contribution in [-0.2, 0) is 4.74 Å². The van der Waals surface area contributed by atoms with E-state index < -0.39 is 11.7 Å². The van der Waals surface area contributed by atoms with Crippen molar-refractivity contribution in [3.63, 3.8) is 0 Å². The van der Waals surface area contributed by atoms with Crippen LogP contribution in [0.2, 0.25) is 0 Å². The van der Waals surface area contributed by atoms with Gasteiger partial charge >= 0.3 is 6.09 Å². The van der Waals surface area contributed by atoms with E-state index in [0.29, 0.717) is 12.4 Å². The van der Waals surface area contributed by atoms with Gasteiger partial charge in [0.1, 0.15) is 5.60 Å². The number of rotatable bonds is 3. The molecule has 6 nitrogen and oxygen atoms in total. The molecule has 98 valence electrons. The molecule has 0 bridgehead atoms. The molecule has 1 heterocycles. The molecule has 0 radical (unpaired) electrons. The molecule has 0 saturated heterocycles. The average molecular weight is 251 g/mol. The highest BCUT2D eigenvalue weighted by atomic mass is 16.6. The number of hydrogen-bond acceptors (Lipinski definition) is 5. The smallest absolute Gasteiger partial charge is 0.407 e. The van der Waals surface area contributed by atoms with Crippen LogP contribution in [0.25, 0.3) is 6.08 Å². The molecular formula is C12H17N3O3. The molecule has 0 aliphatic heterocycles. The largest absolute Gasteiger partial charge is 0.505 e. The van der Waals surface area contributed by atoms with Gasteiger partial charge in [-0.1, -0.05) is 6.08 Å². The molecule has 1 aromatic heterocycles. The van der Waals surface area contributed by atoms with Crippen LogP contribution in [0.1, 0.15) is 26.6 Å². The highest BCUT2D eigenvalue weighted by Crippen LogP contribution is 2.06. The minimum absolute atomic E-state index is 0.0130. The van der Waals surface area contributed by atoms with Gasteiger partial charge in [-0.3, -0.25) is 0 Å². The lowest BCUT2D eigenvalue weighted by molar-refractivity contribution is 0.0534. The summed E-state index contributed by atoms with van der Waals surface area (Å²) in [6.07, 6.45) is 5.45. The summed E-state index contributed by atoms with van der Waals surface area (Å²) in [7, 11) is 0. The molecule has 0 aliphatic rings. The Balaban J connectivity index is 2.33. The highest BCUT2D eigenvalue weighted by Gasteiger charge is 2.14. The molecule has 1 amide bonds. The summed E-state index contributed by atoms with van der Waals surface area (Å²) < 4.78 is 5.06. The van der Waals surface area contributed by atoms with Crippen molar-refractivity contribution < 1.29 is 14.6 Å². The molecule has 0 unspecified atom stereocenters. The van der Waals surface area contributed by atoms with Crippen molar-refractivity contribution in [1.29, 1.82) is 0 Å². The predicted octanol–water partition coefficient (Wildman–Crippen LogP) is 1.72. The van der Waals surface area contributed by atoms with Gasteiger partial charge < -0.3 is 15.2 Å². The third kappa shape index (κ3) is 5.83. The number of aromatic nitrogens is 2. The lowest BCUT2D eigenvalue weighted by atomic mass is 10.2. The third-order valence-corrected chi connectivity index (χ3v) is 1.69. The standard InChI is InChI=1S/C12H17N3O3/c1-12(2,3)18-11(17)13-6-4-5-10-14-7-9(16)8-15-10/h4-5,7-8,16H,6H2,1-3H3,(H,13,17). The maximum atomic E-state index is 11.3. The molecule has 0 aromatic carbocycles. The second kappa shape index (κ2) is 6.00. The van der Waals surface area contributed by atoms with Crippen LogP contribution in [0.3, 0.4) is 0 Å². The van der Waals surface area contributed by atoms with Gasteiger partial charge in [-0.2, -0.15) is 0 Å². The first-order chi connectivity index (χ1) is 8.37. The summed E-state index contributed by atoms with van der Waals surface area (Å²) in [6, 6.07) is 0. The molecule has 18 heavy (non-hydrogen) atoms. The van der Waals surface area contributed by atoms with Crippen LogP contribution >= 0.6 is 0 Å². The van der Waals surface area contributed by atoms with Gasteiger partial charge in [0.15, 0.2) is 11.6 Å². The molecule has 0 fully saturated rings. The van der Waals surface area contributed by atoms with Gasteiger partial charge in [0.05, 0.1) is 12.4 Å².